The topological polar surface area (TPSA) is 68.0 Å². The zero-order valence-electron chi connectivity index (χ0n) is 15.1. The van der Waals surface area contributed by atoms with Gasteiger partial charge in [-0.2, -0.15) is 0 Å². The lowest BCUT2D eigenvalue weighted by atomic mass is 10.0. The standard InChI is InChI=1S/C21H15F2N3O2/c1-11-3-5-13(6-4-11)17-10-15(19-12(2)26-28-21(19)25-17)20(27)24-18-9-14(22)7-8-16(18)23/h3-10H,1-2H3,(H,24,27). The van der Waals surface area contributed by atoms with Gasteiger partial charge in [0.15, 0.2) is 0 Å². The third-order valence-corrected chi connectivity index (χ3v) is 4.39. The Morgan fingerprint density at radius 3 is 2.54 bits per heavy atom. The second kappa shape index (κ2) is 6.84. The molecule has 5 nitrogen and oxygen atoms in total. The van der Waals surface area contributed by atoms with Crippen molar-refractivity contribution < 1.29 is 18.1 Å². The number of rotatable bonds is 3. The normalized spacial score (nSPS) is 11.0. The van der Waals surface area contributed by atoms with E-state index in [2.05, 4.69) is 15.5 Å². The number of fused-ring (bicyclic) bond motifs is 1. The summed E-state index contributed by atoms with van der Waals surface area (Å²) in [5, 5.41) is 6.71. The van der Waals surface area contributed by atoms with Crippen LogP contribution in [0.4, 0.5) is 14.5 Å². The number of anilines is 1. The van der Waals surface area contributed by atoms with Gasteiger partial charge in [-0.05, 0) is 32.0 Å². The minimum Gasteiger partial charge on any atom is -0.335 e. The Morgan fingerprint density at radius 1 is 1.04 bits per heavy atom. The number of carbonyl (C=O) groups is 1. The van der Waals surface area contributed by atoms with Crippen LogP contribution in [-0.2, 0) is 0 Å². The predicted octanol–water partition coefficient (Wildman–Crippen LogP) is 5.04. The first kappa shape index (κ1) is 17.8. The van der Waals surface area contributed by atoms with Crippen LogP contribution in [0.2, 0.25) is 0 Å². The van der Waals surface area contributed by atoms with E-state index in [1.165, 1.54) is 0 Å². The lowest BCUT2D eigenvalue weighted by Gasteiger charge is -2.09. The quantitative estimate of drug-likeness (QED) is 0.542. The number of hydrogen-bond donors (Lipinski definition) is 1. The van der Waals surface area contributed by atoms with Crippen LogP contribution in [-0.4, -0.2) is 16.0 Å². The van der Waals surface area contributed by atoms with Crippen LogP contribution >= 0.6 is 0 Å². The van der Waals surface area contributed by atoms with Gasteiger partial charge in [0.1, 0.15) is 11.6 Å². The Bertz CT molecular complexity index is 1200. The van der Waals surface area contributed by atoms with E-state index in [-0.39, 0.29) is 17.0 Å². The van der Waals surface area contributed by atoms with Gasteiger partial charge in [0.2, 0.25) is 0 Å². The number of pyridine rings is 1. The Labute approximate surface area is 159 Å². The van der Waals surface area contributed by atoms with E-state index < -0.39 is 17.5 Å². The van der Waals surface area contributed by atoms with Crippen molar-refractivity contribution >= 4 is 22.7 Å². The van der Waals surface area contributed by atoms with Gasteiger partial charge in [-0.15, -0.1) is 0 Å². The highest BCUT2D eigenvalue weighted by molar-refractivity contribution is 6.13. The molecule has 28 heavy (non-hydrogen) atoms. The molecule has 0 aliphatic carbocycles. The molecule has 0 saturated carbocycles. The van der Waals surface area contributed by atoms with Crippen LogP contribution in [0, 0.1) is 25.5 Å². The van der Waals surface area contributed by atoms with Gasteiger partial charge in [0.05, 0.1) is 28.0 Å². The minimum atomic E-state index is -0.735. The molecule has 1 amide bonds. The molecule has 7 heteroatoms. The summed E-state index contributed by atoms with van der Waals surface area (Å²) in [5.41, 5.74) is 3.01. The second-order valence-electron chi connectivity index (χ2n) is 6.45. The summed E-state index contributed by atoms with van der Waals surface area (Å²) in [5.74, 6) is -2.00. The smallest absolute Gasteiger partial charge is 0.259 e. The summed E-state index contributed by atoms with van der Waals surface area (Å²) in [4.78, 5) is 17.3. The molecular formula is C21H15F2N3O2. The molecule has 0 atom stereocenters. The van der Waals surface area contributed by atoms with Crippen molar-refractivity contribution in [2.24, 2.45) is 0 Å². The summed E-state index contributed by atoms with van der Waals surface area (Å²) >= 11 is 0. The highest BCUT2D eigenvalue weighted by atomic mass is 19.1. The van der Waals surface area contributed by atoms with Gasteiger partial charge in [-0.1, -0.05) is 35.0 Å². The molecule has 0 aliphatic rings. The van der Waals surface area contributed by atoms with Crippen molar-refractivity contribution in [2.75, 3.05) is 5.32 Å². The monoisotopic (exact) mass is 379 g/mol. The number of nitrogens with one attached hydrogen (secondary N) is 1. The second-order valence-corrected chi connectivity index (χ2v) is 6.45. The molecule has 140 valence electrons. The van der Waals surface area contributed by atoms with E-state index in [4.69, 9.17) is 4.52 Å². The number of benzene rings is 2. The van der Waals surface area contributed by atoms with Crippen LogP contribution < -0.4 is 5.32 Å². The number of aryl methyl sites for hydroxylation is 2. The third kappa shape index (κ3) is 3.22. The molecule has 0 bridgehead atoms. The number of hydrogen-bond acceptors (Lipinski definition) is 4. The summed E-state index contributed by atoms with van der Waals surface area (Å²) in [6.07, 6.45) is 0. The van der Waals surface area contributed by atoms with Gasteiger partial charge in [-0.25, -0.2) is 13.8 Å². The van der Waals surface area contributed by atoms with E-state index in [1.54, 1.807) is 13.0 Å². The van der Waals surface area contributed by atoms with E-state index in [0.717, 1.165) is 29.3 Å². The minimum absolute atomic E-state index is 0.195. The first-order valence-electron chi connectivity index (χ1n) is 8.53. The molecule has 0 aliphatic heterocycles. The molecule has 0 spiro atoms. The average molecular weight is 379 g/mol. The molecule has 0 saturated heterocycles. The van der Waals surface area contributed by atoms with Gasteiger partial charge in [-0.3, -0.25) is 4.79 Å². The molecule has 0 radical (unpaired) electrons. The summed E-state index contributed by atoms with van der Waals surface area (Å²) in [7, 11) is 0. The molecule has 0 unspecified atom stereocenters. The number of carbonyl (C=O) groups excluding carboxylic acids is 1. The molecule has 1 N–H and O–H groups in total. The zero-order chi connectivity index (χ0) is 19.8. The van der Waals surface area contributed by atoms with E-state index in [0.29, 0.717) is 16.8 Å². The molecule has 4 rings (SSSR count). The van der Waals surface area contributed by atoms with Crippen LogP contribution in [0.1, 0.15) is 21.6 Å². The Hall–Kier alpha value is -3.61. The average Bonchev–Trinajstić information content (AvgIpc) is 3.05. The Kier molecular flexibility index (Phi) is 4.35. The summed E-state index contributed by atoms with van der Waals surface area (Å²) in [6.45, 7) is 3.64. The summed E-state index contributed by atoms with van der Waals surface area (Å²) in [6, 6.07) is 12.0. The van der Waals surface area contributed by atoms with E-state index in [1.807, 2.05) is 31.2 Å². The highest BCUT2D eigenvalue weighted by Crippen LogP contribution is 2.28. The number of nitrogens with zero attached hydrogens (tertiary/aromatic N) is 2. The number of halogens is 2. The molecule has 4 aromatic rings. The van der Waals surface area contributed by atoms with Crippen molar-refractivity contribution in [3.63, 3.8) is 0 Å². The predicted molar refractivity (Wildman–Crippen MR) is 101 cm³/mol. The molecule has 2 aromatic heterocycles. The lowest BCUT2D eigenvalue weighted by molar-refractivity contribution is 0.102. The fourth-order valence-corrected chi connectivity index (χ4v) is 2.93. The van der Waals surface area contributed by atoms with Crippen molar-refractivity contribution in [1.29, 1.82) is 0 Å². The van der Waals surface area contributed by atoms with E-state index >= 15 is 0 Å². The van der Waals surface area contributed by atoms with Crippen LogP contribution in [0.3, 0.4) is 0 Å². The maximum absolute atomic E-state index is 13.9. The Balaban J connectivity index is 1.82. The first-order chi connectivity index (χ1) is 13.4. The first-order valence-corrected chi connectivity index (χ1v) is 8.53. The molecule has 2 heterocycles. The van der Waals surface area contributed by atoms with Gasteiger partial charge >= 0.3 is 0 Å². The maximum atomic E-state index is 13.9. The van der Waals surface area contributed by atoms with Crippen LogP contribution in [0.5, 0.6) is 0 Å². The van der Waals surface area contributed by atoms with E-state index in [9.17, 15) is 13.6 Å². The van der Waals surface area contributed by atoms with Crippen molar-refractivity contribution in [3.8, 4) is 11.3 Å². The molecule has 2 aromatic carbocycles. The van der Waals surface area contributed by atoms with Crippen molar-refractivity contribution in [3.05, 3.63) is 77.0 Å². The van der Waals surface area contributed by atoms with Crippen LogP contribution in [0.15, 0.2) is 53.1 Å². The fraction of sp³-hybridized carbons (Fsp3) is 0.0952. The van der Waals surface area contributed by atoms with Crippen molar-refractivity contribution in [1.82, 2.24) is 10.1 Å². The Morgan fingerprint density at radius 2 is 1.79 bits per heavy atom. The molecule has 0 fully saturated rings. The molecular weight excluding hydrogens is 364 g/mol. The largest absolute Gasteiger partial charge is 0.335 e. The number of amides is 1. The third-order valence-electron chi connectivity index (χ3n) is 4.39. The van der Waals surface area contributed by atoms with Gasteiger partial charge < -0.3 is 9.84 Å². The van der Waals surface area contributed by atoms with Crippen LogP contribution in [0.25, 0.3) is 22.4 Å². The zero-order valence-corrected chi connectivity index (χ0v) is 15.1. The van der Waals surface area contributed by atoms with Crippen molar-refractivity contribution in [2.45, 2.75) is 13.8 Å². The maximum Gasteiger partial charge on any atom is 0.259 e. The van der Waals surface area contributed by atoms with Gasteiger partial charge in [0.25, 0.3) is 11.6 Å². The number of aromatic nitrogens is 2. The summed E-state index contributed by atoms with van der Waals surface area (Å²) < 4.78 is 32.6. The SMILES string of the molecule is Cc1ccc(-c2cc(C(=O)Nc3cc(F)ccc3F)c3c(C)noc3n2)cc1. The van der Waals surface area contributed by atoms with Gasteiger partial charge in [0, 0.05) is 11.6 Å². The lowest BCUT2D eigenvalue weighted by Crippen LogP contribution is -2.14. The highest BCUT2D eigenvalue weighted by Gasteiger charge is 2.20. The fourth-order valence-electron chi connectivity index (χ4n) is 2.93.